The summed E-state index contributed by atoms with van der Waals surface area (Å²) in [6.45, 7) is 15.8. The van der Waals surface area contributed by atoms with Crippen LogP contribution in [0.4, 0.5) is 0 Å². The summed E-state index contributed by atoms with van der Waals surface area (Å²) < 4.78 is 26.5. The second kappa shape index (κ2) is 13.4. The highest BCUT2D eigenvalue weighted by molar-refractivity contribution is 7.62. The molecule has 4 aromatic carbocycles. The number of benzene rings is 4. The van der Waals surface area contributed by atoms with Crippen LogP contribution in [0.2, 0.25) is 0 Å². The SMILES string of the molecule is COc1cccc2ccc([P+](=O)c3ccc4cccc(OC)c4c3C(=O)N(C(C)C)C(C)C)c(C(=O)N(C(C)C)C(C)C)c12. The highest BCUT2D eigenvalue weighted by Crippen LogP contribution is 2.38. The fourth-order valence-electron chi connectivity index (χ4n) is 6.30. The van der Waals surface area contributed by atoms with Gasteiger partial charge in [0.2, 0.25) is 10.6 Å². The van der Waals surface area contributed by atoms with Crippen molar-refractivity contribution in [1.82, 2.24) is 9.80 Å². The van der Waals surface area contributed by atoms with Crippen molar-refractivity contribution >= 4 is 51.8 Å². The summed E-state index contributed by atoms with van der Waals surface area (Å²) in [6.07, 6.45) is 0. The Morgan fingerprint density at radius 2 is 0.909 bits per heavy atom. The van der Waals surface area contributed by atoms with Crippen LogP contribution in [-0.4, -0.2) is 60.0 Å². The van der Waals surface area contributed by atoms with Crippen LogP contribution in [0, 0.1) is 0 Å². The van der Waals surface area contributed by atoms with E-state index >= 15 is 4.57 Å². The fraction of sp³-hybridized carbons (Fsp3) is 0.389. The molecule has 4 aromatic rings. The van der Waals surface area contributed by atoms with Crippen LogP contribution in [0.15, 0.2) is 60.7 Å². The van der Waals surface area contributed by atoms with Gasteiger partial charge in [0.25, 0.3) is 11.8 Å². The van der Waals surface area contributed by atoms with Crippen LogP contribution in [-0.2, 0) is 4.57 Å². The van der Waals surface area contributed by atoms with Crippen molar-refractivity contribution in [2.45, 2.75) is 79.6 Å². The average Bonchev–Trinajstić information content (AvgIpc) is 2.97. The fourth-order valence-corrected chi connectivity index (χ4v) is 7.80. The Kier molecular flexibility index (Phi) is 10.00. The van der Waals surface area contributed by atoms with Crippen molar-refractivity contribution in [3.63, 3.8) is 0 Å². The number of hydrogen-bond acceptors (Lipinski definition) is 5. The van der Waals surface area contributed by atoms with E-state index in [-0.39, 0.29) is 36.0 Å². The van der Waals surface area contributed by atoms with Crippen molar-refractivity contribution in [2.24, 2.45) is 0 Å². The molecule has 0 fully saturated rings. The van der Waals surface area contributed by atoms with Crippen LogP contribution >= 0.6 is 7.80 Å². The predicted molar refractivity (Wildman–Crippen MR) is 181 cm³/mol. The Balaban J connectivity index is 2.13. The topological polar surface area (TPSA) is 76.1 Å². The highest BCUT2D eigenvalue weighted by Gasteiger charge is 2.40. The van der Waals surface area contributed by atoms with Gasteiger partial charge < -0.3 is 19.3 Å². The van der Waals surface area contributed by atoms with Gasteiger partial charge in [-0.25, -0.2) is 0 Å². The van der Waals surface area contributed by atoms with E-state index in [1.165, 1.54) is 0 Å². The molecule has 0 N–H and O–H groups in total. The number of hydrogen-bond donors (Lipinski definition) is 0. The van der Waals surface area contributed by atoms with Gasteiger partial charge in [0.1, 0.15) is 22.6 Å². The summed E-state index contributed by atoms with van der Waals surface area (Å²) >= 11 is 0. The lowest BCUT2D eigenvalue weighted by atomic mass is 10.0. The number of rotatable bonds is 10. The van der Waals surface area contributed by atoms with Crippen LogP contribution in [0.5, 0.6) is 11.5 Å². The Bertz CT molecular complexity index is 1590. The van der Waals surface area contributed by atoms with E-state index in [0.717, 1.165) is 10.8 Å². The Morgan fingerprint density at radius 1 is 0.568 bits per heavy atom. The summed E-state index contributed by atoms with van der Waals surface area (Å²) in [5, 5.41) is 3.52. The lowest BCUT2D eigenvalue weighted by Crippen LogP contribution is -2.44. The number of methoxy groups -OCH3 is 2. The molecule has 2 amide bonds. The molecule has 0 aliphatic heterocycles. The minimum Gasteiger partial charge on any atom is -0.496 e. The van der Waals surface area contributed by atoms with E-state index < -0.39 is 7.80 Å². The van der Waals surface area contributed by atoms with Crippen molar-refractivity contribution in [1.29, 1.82) is 0 Å². The molecule has 232 valence electrons. The van der Waals surface area contributed by atoms with Gasteiger partial charge in [-0.3, -0.25) is 9.59 Å². The summed E-state index contributed by atoms with van der Waals surface area (Å²) in [5.74, 6) is 0.568. The van der Waals surface area contributed by atoms with Crippen LogP contribution in [0.3, 0.4) is 0 Å². The quantitative estimate of drug-likeness (QED) is 0.175. The molecule has 4 rings (SSSR count). The molecule has 44 heavy (non-hydrogen) atoms. The third kappa shape index (κ3) is 5.90. The zero-order chi connectivity index (χ0) is 32.5. The molecule has 0 saturated carbocycles. The summed E-state index contributed by atoms with van der Waals surface area (Å²) in [5.41, 5.74) is 0.651. The molecule has 0 aliphatic rings. The Hall–Kier alpha value is -3.96. The van der Waals surface area contributed by atoms with Gasteiger partial charge in [0.05, 0.1) is 14.2 Å². The molecule has 8 heteroatoms. The van der Waals surface area contributed by atoms with Gasteiger partial charge in [-0.2, -0.15) is 0 Å². The third-order valence-corrected chi connectivity index (χ3v) is 9.59. The molecule has 0 bridgehead atoms. The van der Waals surface area contributed by atoms with Gasteiger partial charge in [0, 0.05) is 34.9 Å². The van der Waals surface area contributed by atoms with E-state index in [9.17, 15) is 9.59 Å². The first-order valence-corrected chi connectivity index (χ1v) is 16.4. The van der Waals surface area contributed by atoms with E-state index in [1.807, 2.05) is 104 Å². The van der Waals surface area contributed by atoms with Crippen LogP contribution in [0.25, 0.3) is 21.5 Å². The monoisotopic (exact) mass is 615 g/mol. The van der Waals surface area contributed by atoms with Gasteiger partial charge in [-0.15, -0.1) is 0 Å². The molecule has 0 radical (unpaired) electrons. The number of carbonyl (C=O) groups is 2. The maximum absolute atomic E-state index is 15.0. The first-order chi connectivity index (χ1) is 20.8. The maximum atomic E-state index is 15.0. The van der Waals surface area contributed by atoms with E-state index in [2.05, 4.69) is 0 Å². The van der Waals surface area contributed by atoms with Gasteiger partial charge in [-0.05, 0) is 103 Å². The maximum Gasteiger partial charge on any atom is 0.417 e. The van der Waals surface area contributed by atoms with E-state index in [1.54, 1.807) is 36.2 Å². The summed E-state index contributed by atoms with van der Waals surface area (Å²) in [4.78, 5) is 32.7. The number of fused-ring (bicyclic) bond motifs is 2. The van der Waals surface area contributed by atoms with Crippen molar-refractivity contribution in [3.05, 3.63) is 71.8 Å². The molecule has 0 atom stereocenters. The van der Waals surface area contributed by atoms with Gasteiger partial charge in [0.15, 0.2) is 0 Å². The Morgan fingerprint density at radius 3 is 1.20 bits per heavy atom. The smallest absolute Gasteiger partial charge is 0.417 e. The molecule has 0 aromatic heterocycles. The lowest BCUT2D eigenvalue weighted by Gasteiger charge is -2.31. The summed E-state index contributed by atoms with van der Waals surface area (Å²) in [6, 6.07) is 18.0. The zero-order valence-corrected chi connectivity index (χ0v) is 28.4. The van der Waals surface area contributed by atoms with Crippen molar-refractivity contribution in [2.75, 3.05) is 14.2 Å². The average molecular weight is 616 g/mol. The second-order valence-corrected chi connectivity index (χ2v) is 13.7. The second-order valence-electron chi connectivity index (χ2n) is 12.1. The van der Waals surface area contributed by atoms with Gasteiger partial charge >= 0.3 is 7.80 Å². The summed E-state index contributed by atoms with van der Waals surface area (Å²) in [7, 11) is 0.692. The molecule has 0 saturated heterocycles. The molecular weight excluding hydrogens is 571 g/mol. The number of amides is 2. The first kappa shape index (κ1) is 32.9. The van der Waals surface area contributed by atoms with Crippen LogP contribution < -0.4 is 20.1 Å². The van der Waals surface area contributed by atoms with Crippen molar-refractivity contribution in [3.8, 4) is 11.5 Å². The first-order valence-electron chi connectivity index (χ1n) is 15.2. The van der Waals surface area contributed by atoms with Gasteiger partial charge in [-0.1, -0.05) is 28.8 Å². The minimum absolute atomic E-state index is 0.106. The zero-order valence-electron chi connectivity index (χ0n) is 27.5. The lowest BCUT2D eigenvalue weighted by molar-refractivity contribution is 0.0638. The van der Waals surface area contributed by atoms with Crippen molar-refractivity contribution < 1.29 is 23.6 Å². The van der Waals surface area contributed by atoms with E-state index in [0.29, 0.717) is 44.0 Å². The normalized spacial score (nSPS) is 11.6. The third-order valence-electron chi connectivity index (χ3n) is 7.97. The molecule has 0 unspecified atom stereocenters. The molecule has 0 heterocycles. The molecule has 0 aliphatic carbocycles. The van der Waals surface area contributed by atoms with Crippen LogP contribution in [0.1, 0.15) is 76.1 Å². The predicted octanol–water partition coefficient (Wildman–Crippen LogP) is 7.31. The molecule has 0 spiro atoms. The molecule has 7 nitrogen and oxygen atoms in total. The number of carbonyl (C=O) groups excluding carboxylic acids is 2. The standard InChI is InChI=1S/C36H44N2O5P/c1-21(2)37(22(3)4)35(39)33-29(19-17-25-13-11-15-27(42-9)31(25)33)44(41)30-20-18-26-14-12-16-28(43-10)32(26)34(30)36(40)38(23(5)6)24(7)8/h11-24H,1-10H3/q+1. The Labute approximate surface area is 261 Å². The number of nitrogens with zero attached hydrogens (tertiary/aromatic N) is 2. The largest absolute Gasteiger partial charge is 0.496 e. The molecular formula is C36H44N2O5P+. The highest BCUT2D eigenvalue weighted by atomic mass is 31.1. The number of ether oxygens (including phenoxy) is 2. The minimum atomic E-state index is -2.44. The van der Waals surface area contributed by atoms with E-state index in [4.69, 9.17) is 9.47 Å².